The van der Waals surface area contributed by atoms with E-state index in [2.05, 4.69) is 0 Å². The van der Waals surface area contributed by atoms with E-state index in [1.54, 1.807) is 0 Å². The Hall–Kier alpha value is -1.07. The number of rotatable bonds is 4. The lowest BCUT2D eigenvalue weighted by molar-refractivity contribution is -0.137. The Bertz CT molecular complexity index is 667. The number of benzene rings is 1. The topological polar surface area (TPSA) is 54.5 Å². The molecular formula is C16H20ClNO3S. The monoisotopic (exact) mass is 341 g/mol. The Labute approximate surface area is 136 Å². The molecule has 1 aromatic carbocycles. The highest BCUT2D eigenvalue weighted by Crippen LogP contribution is 2.37. The van der Waals surface area contributed by atoms with Gasteiger partial charge >= 0.3 is 0 Å². The van der Waals surface area contributed by atoms with Crippen LogP contribution >= 0.6 is 11.6 Å². The molecule has 22 heavy (non-hydrogen) atoms. The third-order valence-electron chi connectivity index (χ3n) is 4.55. The van der Waals surface area contributed by atoms with Crippen molar-refractivity contribution in [1.82, 2.24) is 4.90 Å². The Morgan fingerprint density at radius 1 is 1.23 bits per heavy atom. The van der Waals surface area contributed by atoms with Crippen molar-refractivity contribution in [3.05, 3.63) is 34.9 Å². The van der Waals surface area contributed by atoms with Gasteiger partial charge < -0.3 is 4.90 Å². The number of nitrogens with zero attached hydrogens (tertiary/aromatic N) is 1. The maximum Gasteiger partial charge on any atom is 0.227 e. The number of halogens is 1. The molecule has 2 fully saturated rings. The molecular weight excluding hydrogens is 322 g/mol. The van der Waals surface area contributed by atoms with Crippen molar-refractivity contribution < 1.29 is 13.2 Å². The molecule has 0 radical (unpaired) electrons. The highest BCUT2D eigenvalue weighted by atomic mass is 35.5. The van der Waals surface area contributed by atoms with Gasteiger partial charge in [0.05, 0.1) is 23.5 Å². The van der Waals surface area contributed by atoms with Crippen molar-refractivity contribution in [2.45, 2.75) is 38.3 Å². The average molecular weight is 342 g/mol. The highest BCUT2D eigenvalue weighted by Gasteiger charge is 2.42. The second-order valence-corrected chi connectivity index (χ2v) is 8.97. The van der Waals surface area contributed by atoms with Gasteiger partial charge in [0, 0.05) is 11.1 Å². The molecule has 1 aromatic rings. The first-order chi connectivity index (χ1) is 10.4. The first-order valence-corrected chi connectivity index (χ1v) is 9.85. The van der Waals surface area contributed by atoms with E-state index in [4.69, 9.17) is 11.6 Å². The molecule has 2 unspecified atom stereocenters. The Kier molecular flexibility index (Phi) is 4.21. The third kappa shape index (κ3) is 3.30. The molecule has 6 heteroatoms. The minimum absolute atomic E-state index is 0.00237. The van der Waals surface area contributed by atoms with E-state index in [1.165, 1.54) is 0 Å². The van der Waals surface area contributed by atoms with Gasteiger partial charge in [-0.1, -0.05) is 23.7 Å². The van der Waals surface area contributed by atoms with E-state index in [1.807, 2.05) is 36.1 Å². The van der Waals surface area contributed by atoms with E-state index in [0.29, 0.717) is 11.4 Å². The van der Waals surface area contributed by atoms with Crippen molar-refractivity contribution in [2.24, 2.45) is 5.92 Å². The Morgan fingerprint density at radius 2 is 1.86 bits per heavy atom. The normalized spacial score (nSPS) is 24.9. The molecule has 1 saturated carbocycles. The van der Waals surface area contributed by atoms with Crippen LogP contribution in [0.4, 0.5) is 0 Å². The van der Waals surface area contributed by atoms with Crippen molar-refractivity contribution in [1.29, 1.82) is 0 Å². The minimum Gasteiger partial charge on any atom is -0.333 e. The van der Waals surface area contributed by atoms with Crippen LogP contribution in [0.2, 0.25) is 5.02 Å². The number of carbonyl (C=O) groups is 1. The fourth-order valence-corrected chi connectivity index (χ4v) is 5.00. The summed E-state index contributed by atoms with van der Waals surface area (Å²) in [6.45, 7) is 2.00. The van der Waals surface area contributed by atoms with Gasteiger partial charge in [0.15, 0.2) is 9.84 Å². The first-order valence-electron chi connectivity index (χ1n) is 7.65. The summed E-state index contributed by atoms with van der Waals surface area (Å²) >= 11 is 5.92. The smallest absolute Gasteiger partial charge is 0.227 e. The lowest BCUT2D eigenvalue weighted by atomic mass is 10.0. The number of carbonyl (C=O) groups excluding carboxylic acids is 1. The standard InChI is InChI=1S/C16H20ClNO3S/c1-11(12-2-4-14(17)5-3-12)18(15-6-7-15)16(19)13-8-9-22(20,21)10-13/h2-5,11,13,15H,6-10H2,1H3. The quantitative estimate of drug-likeness (QED) is 0.846. The van der Waals surface area contributed by atoms with E-state index in [0.717, 1.165) is 18.4 Å². The van der Waals surface area contributed by atoms with Gasteiger partial charge in [0.25, 0.3) is 0 Å². The van der Waals surface area contributed by atoms with Gasteiger partial charge in [-0.15, -0.1) is 0 Å². The number of amides is 1. The van der Waals surface area contributed by atoms with E-state index < -0.39 is 9.84 Å². The Morgan fingerprint density at radius 3 is 2.36 bits per heavy atom. The zero-order chi connectivity index (χ0) is 15.9. The average Bonchev–Trinajstić information content (AvgIpc) is 3.22. The summed E-state index contributed by atoms with van der Waals surface area (Å²) in [5.41, 5.74) is 1.03. The van der Waals surface area contributed by atoms with Crippen LogP contribution in [0.15, 0.2) is 24.3 Å². The summed E-state index contributed by atoms with van der Waals surface area (Å²) in [6, 6.07) is 7.70. The molecule has 2 atom stereocenters. The van der Waals surface area contributed by atoms with Crippen LogP contribution in [0, 0.1) is 5.92 Å². The van der Waals surface area contributed by atoms with Gasteiger partial charge in [-0.25, -0.2) is 8.42 Å². The maximum atomic E-state index is 12.8. The second kappa shape index (κ2) is 5.85. The molecule has 1 aliphatic carbocycles. The zero-order valence-electron chi connectivity index (χ0n) is 12.5. The van der Waals surface area contributed by atoms with Gasteiger partial charge in [-0.3, -0.25) is 4.79 Å². The van der Waals surface area contributed by atoms with Crippen molar-refractivity contribution in [2.75, 3.05) is 11.5 Å². The molecule has 2 aliphatic rings. The minimum atomic E-state index is -3.04. The summed E-state index contributed by atoms with van der Waals surface area (Å²) in [5, 5.41) is 0.669. The molecule has 1 amide bonds. The van der Waals surface area contributed by atoms with E-state index >= 15 is 0 Å². The first kappa shape index (κ1) is 15.8. The second-order valence-electron chi connectivity index (χ2n) is 6.30. The molecule has 0 aromatic heterocycles. The Balaban J connectivity index is 1.80. The lowest BCUT2D eigenvalue weighted by Crippen LogP contribution is -2.40. The fraction of sp³-hybridized carbons (Fsp3) is 0.562. The summed E-state index contributed by atoms with van der Waals surface area (Å²) in [4.78, 5) is 14.7. The van der Waals surface area contributed by atoms with E-state index in [-0.39, 0.29) is 35.4 Å². The van der Waals surface area contributed by atoms with Crippen LogP contribution < -0.4 is 0 Å². The summed E-state index contributed by atoms with van der Waals surface area (Å²) in [5.74, 6) is -0.244. The molecule has 0 bridgehead atoms. The zero-order valence-corrected chi connectivity index (χ0v) is 14.1. The van der Waals surface area contributed by atoms with Crippen LogP contribution in [0.3, 0.4) is 0 Å². The number of sulfone groups is 1. The van der Waals surface area contributed by atoms with Crippen LogP contribution in [0.5, 0.6) is 0 Å². The van der Waals surface area contributed by atoms with Crippen LogP contribution in [-0.2, 0) is 14.6 Å². The predicted octanol–water partition coefficient (Wildman–Crippen LogP) is 2.83. The molecule has 4 nitrogen and oxygen atoms in total. The van der Waals surface area contributed by atoms with Crippen molar-refractivity contribution in [3.63, 3.8) is 0 Å². The number of hydrogen-bond donors (Lipinski definition) is 0. The maximum absolute atomic E-state index is 12.8. The van der Waals surface area contributed by atoms with Crippen molar-refractivity contribution >= 4 is 27.3 Å². The molecule has 0 N–H and O–H groups in total. The van der Waals surface area contributed by atoms with Crippen LogP contribution in [0.25, 0.3) is 0 Å². The SMILES string of the molecule is CC(c1ccc(Cl)cc1)N(C(=O)C1CCS(=O)(=O)C1)C1CC1. The molecule has 0 spiro atoms. The summed E-state index contributed by atoms with van der Waals surface area (Å²) in [6.07, 6.45) is 2.46. The molecule has 1 aliphatic heterocycles. The molecule has 1 heterocycles. The number of hydrogen-bond acceptors (Lipinski definition) is 3. The van der Waals surface area contributed by atoms with Gasteiger partial charge in [0.1, 0.15) is 0 Å². The third-order valence-corrected chi connectivity index (χ3v) is 6.57. The predicted molar refractivity (Wildman–Crippen MR) is 86.5 cm³/mol. The van der Waals surface area contributed by atoms with Gasteiger partial charge in [-0.05, 0) is 43.9 Å². The van der Waals surface area contributed by atoms with Crippen molar-refractivity contribution in [3.8, 4) is 0 Å². The van der Waals surface area contributed by atoms with E-state index in [9.17, 15) is 13.2 Å². The fourth-order valence-electron chi connectivity index (χ4n) is 3.14. The molecule has 120 valence electrons. The van der Waals surface area contributed by atoms with Gasteiger partial charge in [0.2, 0.25) is 5.91 Å². The molecule has 1 saturated heterocycles. The summed E-state index contributed by atoms with van der Waals surface area (Å²) < 4.78 is 23.3. The van der Waals surface area contributed by atoms with Crippen LogP contribution in [0.1, 0.15) is 37.8 Å². The lowest BCUT2D eigenvalue weighted by Gasteiger charge is -2.32. The van der Waals surface area contributed by atoms with Gasteiger partial charge in [-0.2, -0.15) is 0 Å². The summed E-state index contributed by atoms with van der Waals surface area (Å²) in [7, 11) is -3.04. The molecule has 3 rings (SSSR count). The van der Waals surface area contributed by atoms with Crippen LogP contribution in [-0.4, -0.2) is 36.8 Å². The highest BCUT2D eigenvalue weighted by molar-refractivity contribution is 7.91. The largest absolute Gasteiger partial charge is 0.333 e.